The van der Waals surface area contributed by atoms with E-state index in [1.807, 2.05) is 4.90 Å². The number of alkyl halides is 3. The molecule has 1 heterocycles. The van der Waals surface area contributed by atoms with Crippen LogP contribution < -0.4 is 15.0 Å². The van der Waals surface area contributed by atoms with Crippen molar-refractivity contribution in [1.82, 2.24) is 0 Å². The van der Waals surface area contributed by atoms with Crippen molar-refractivity contribution in [3.05, 3.63) is 57.6 Å². The number of methoxy groups -OCH3 is 1. The van der Waals surface area contributed by atoms with Gasteiger partial charge in [-0.3, -0.25) is 10.1 Å². The smallest absolute Gasteiger partial charge is 0.416 e. The number of hydrogen-bond acceptors (Lipinski definition) is 6. The fraction of sp³-hybridized carbons (Fsp3) is 0.368. The molecular formula is C19H20F3N3O4. The number of rotatable bonds is 6. The molecule has 0 aromatic heterocycles. The van der Waals surface area contributed by atoms with Gasteiger partial charge in [0.1, 0.15) is 0 Å². The first-order valence-corrected chi connectivity index (χ1v) is 8.88. The highest BCUT2D eigenvalue weighted by atomic mass is 19.4. The Morgan fingerprint density at radius 2 is 1.93 bits per heavy atom. The molecule has 156 valence electrons. The van der Waals surface area contributed by atoms with E-state index in [9.17, 15) is 23.3 Å². The molecule has 29 heavy (non-hydrogen) atoms. The summed E-state index contributed by atoms with van der Waals surface area (Å²) in [6.45, 7) is 1.94. The van der Waals surface area contributed by atoms with Gasteiger partial charge in [0, 0.05) is 43.1 Å². The molecule has 0 bridgehead atoms. The van der Waals surface area contributed by atoms with Gasteiger partial charge in [-0.1, -0.05) is 6.07 Å². The van der Waals surface area contributed by atoms with Crippen LogP contribution in [-0.2, 0) is 17.5 Å². The predicted molar refractivity (Wildman–Crippen MR) is 101 cm³/mol. The summed E-state index contributed by atoms with van der Waals surface area (Å²) in [5, 5.41) is 13.8. The van der Waals surface area contributed by atoms with Crippen molar-refractivity contribution in [2.75, 3.05) is 43.6 Å². The number of nitrogens with zero attached hydrogens (tertiary/aromatic N) is 2. The fourth-order valence-electron chi connectivity index (χ4n) is 3.14. The molecule has 1 fully saturated rings. The lowest BCUT2D eigenvalue weighted by molar-refractivity contribution is -0.385. The van der Waals surface area contributed by atoms with E-state index in [0.29, 0.717) is 37.7 Å². The number of nitro groups is 1. The first kappa shape index (κ1) is 20.7. The molecular weight excluding hydrogens is 391 g/mol. The molecule has 3 rings (SSSR count). The number of hydrogen-bond donors (Lipinski definition) is 1. The second-order valence-electron chi connectivity index (χ2n) is 6.44. The lowest BCUT2D eigenvalue weighted by Crippen LogP contribution is -2.36. The Kier molecular flexibility index (Phi) is 6.12. The lowest BCUT2D eigenvalue weighted by Gasteiger charge is -2.29. The average molecular weight is 411 g/mol. The normalized spacial score (nSPS) is 14.6. The maximum absolute atomic E-state index is 13.6. The van der Waals surface area contributed by atoms with Gasteiger partial charge in [-0.15, -0.1) is 0 Å². The number of anilines is 2. The minimum atomic E-state index is -4.51. The van der Waals surface area contributed by atoms with Gasteiger partial charge in [0.15, 0.2) is 5.75 Å². The topological polar surface area (TPSA) is 76.9 Å². The molecule has 1 aliphatic heterocycles. The Hall–Kier alpha value is -3.01. The van der Waals surface area contributed by atoms with Crippen molar-refractivity contribution in [1.29, 1.82) is 0 Å². The van der Waals surface area contributed by atoms with Crippen LogP contribution in [0, 0.1) is 10.1 Å². The molecule has 2 aromatic carbocycles. The zero-order valence-corrected chi connectivity index (χ0v) is 15.7. The van der Waals surface area contributed by atoms with Crippen molar-refractivity contribution in [3.8, 4) is 5.75 Å². The molecule has 0 amide bonds. The van der Waals surface area contributed by atoms with Crippen molar-refractivity contribution >= 4 is 17.1 Å². The van der Waals surface area contributed by atoms with Gasteiger partial charge in [-0.05, 0) is 23.8 Å². The van der Waals surface area contributed by atoms with E-state index < -0.39 is 16.7 Å². The third-order valence-electron chi connectivity index (χ3n) is 4.63. The number of nitro benzene ring substituents is 1. The summed E-state index contributed by atoms with van der Waals surface area (Å²) in [7, 11) is 1.29. The van der Waals surface area contributed by atoms with Crippen molar-refractivity contribution in [3.63, 3.8) is 0 Å². The van der Waals surface area contributed by atoms with E-state index in [1.54, 1.807) is 6.07 Å². The number of halogens is 3. The van der Waals surface area contributed by atoms with Crippen LogP contribution in [-0.4, -0.2) is 38.3 Å². The molecule has 0 spiro atoms. The number of ether oxygens (including phenoxy) is 2. The first-order valence-electron chi connectivity index (χ1n) is 8.88. The summed E-state index contributed by atoms with van der Waals surface area (Å²) in [4.78, 5) is 12.2. The molecule has 0 saturated carbocycles. The third kappa shape index (κ3) is 4.89. The first-order chi connectivity index (χ1) is 13.8. The van der Waals surface area contributed by atoms with E-state index in [2.05, 4.69) is 5.32 Å². The Labute approximate surface area is 165 Å². The maximum atomic E-state index is 13.6. The number of benzene rings is 2. The summed E-state index contributed by atoms with van der Waals surface area (Å²) in [6.07, 6.45) is -4.51. The van der Waals surface area contributed by atoms with Gasteiger partial charge in [0.25, 0.3) is 0 Å². The zero-order valence-electron chi connectivity index (χ0n) is 15.7. The van der Waals surface area contributed by atoms with Crippen LogP contribution in [0.15, 0.2) is 36.4 Å². The van der Waals surface area contributed by atoms with Gasteiger partial charge in [0.2, 0.25) is 0 Å². The molecule has 1 aliphatic rings. The largest absolute Gasteiger partial charge is 0.490 e. The third-order valence-corrected chi connectivity index (χ3v) is 4.63. The molecule has 0 radical (unpaired) electrons. The van der Waals surface area contributed by atoms with Crippen LogP contribution in [0.25, 0.3) is 0 Å². The highest BCUT2D eigenvalue weighted by Crippen LogP contribution is 2.36. The Morgan fingerprint density at radius 1 is 1.21 bits per heavy atom. The standard InChI is InChI=1S/C19H20F3N3O4/c1-28-18-10-14(3-5-17(18)25(26)27)23-12-13-2-4-15(11-16(13)19(20,21)22)24-6-8-29-9-7-24/h2-5,10-11,23H,6-9,12H2,1H3. The lowest BCUT2D eigenvalue weighted by atomic mass is 10.0. The molecule has 0 aliphatic carbocycles. The van der Waals surface area contributed by atoms with Crippen molar-refractivity contribution < 1.29 is 27.6 Å². The van der Waals surface area contributed by atoms with E-state index >= 15 is 0 Å². The minimum absolute atomic E-state index is 0.0266. The molecule has 2 aromatic rings. The van der Waals surface area contributed by atoms with Gasteiger partial charge in [0.05, 0.1) is 30.8 Å². The van der Waals surface area contributed by atoms with Crippen molar-refractivity contribution in [2.45, 2.75) is 12.7 Å². The quantitative estimate of drug-likeness (QED) is 0.570. The zero-order chi connectivity index (χ0) is 21.0. The molecule has 1 saturated heterocycles. The van der Waals surface area contributed by atoms with Gasteiger partial charge in [-0.2, -0.15) is 13.2 Å². The molecule has 10 heteroatoms. The van der Waals surface area contributed by atoms with Crippen LogP contribution in [0.5, 0.6) is 5.75 Å². The summed E-state index contributed by atoms with van der Waals surface area (Å²) >= 11 is 0. The molecule has 1 N–H and O–H groups in total. The van der Waals surface area contributed by atoms with E-state index in [0.717, 1.165) is 6.07 Å². The molecule has 7 nitrogen and oxygen atoms in total. The van der Waals surface area contributed by atoms with Crippen LogP contribution in [0.1, 0.15) is 11.1 Å². The highest BCUT2D eigenvalue weighted by Gasteiger charge is 2.34. The minimum Gasteiger partial charge on any atom is -0.490 e. The Bertz CT molecular complexity index is 883. The summed E-state index contributed by atoms with van der Waals surface area (Å²) in [5.41, 5.74) is 0.0535. The Morgan fingerprint density at radius 3 is 2.55 bits per heavy atom. The van der Waals surface area contributed by atoms with Crippen LogP contribution in [0.2, 0.25) is 0 Å². The van der Waals surface area contributed by atoms with Crippen molar-refractivity contribution in [2.24, 2.45) is 0 Å². The van der Waals surface area contributed by atoms with E-state index in [4.69, 9.17) is 9.47 Å². The van der Waals surface area contributed by atoms with Crippen LogP contribution in [0.3, 0.4) is 0 Å². The monoisotopic (exact) mass is 411 g/mol. The predicted octanol–water partition coefficient (Wildman–Crippen LogP) is 4.07. The highest BCUT2D eigenvalue weighted by molar-refractivity contribution is 5.59. The SMILES string of the molecule is COc1cc(NCc2ccc(N3CCOCC3)cc2C(F)(F)F)ccc1[N+](=O)[O-]. The second kappa shape index (κ2) is 8.56. The second-order valence-corrected chi connectivity index (χ2v) is 6.44. The molecule has 0 unspecified atom stereocenters. The Balaban J connectivity index is 1.82. The van der Waals surface area contributed by atoms with Gasteiger partial charge < -0.3 is 19.7 Å². The maximum Gasteiger partial charge on any atom is 0.416 e. The van der Waals surface area contributed by atoms with E-state index in [1.165, 1.54) is 31.4 Å². The van der Waals surface area contributed by atoms with Gasteiger partial charge >= 0.3 is 11.9 Å². The van der Waals surface area contributed by atoms with Crippen LogP contribution in [0.4, 0.5) is 30.2 Å². The summed E-state index contributed by atoms with van der Waals surface area (Å²) in [6, 6.07) is 8.31. The number of nitrogens with one attached hydrogen (secondary N) is 1. The molecule has 0 atom stereocenters. The summed E-state index contributed by atoms with van der Waals surface area (Å²) < 4.78 is 51.1. The average Bonchev–Trinajstić information content (AvgIpc) is 2.71. The van der Waals surface area contributed by atoms with Crippen LogP contribution >= 0.6 is 0 Å². The van der Waals surface area contributed by atoms with E-state index in [-0.39, 0.29) is 23.5 Å². The summed E-state index contributed by atoms with van der Waals surface area (Å²) in [5.74, 6) is 0.0266. The number of morpholine rings is 1. The van der Waals surface area contributed by atoms with Gasteiger partial charge in [-0.25, -0.2) is 0 Å². The fourth-order valence-corrected chi connectivity index (χ4v) is 3.14.